The molecule has 1 heterocycles. The molecule has 5 rings (SSSR count). The maximum Gasteiger partial charge on any atom is 0.262 e. The molecule has 0 bridgehead atoms. The first-order valence-electron chi connectivity index (χ1n) is 10.5. The molecule has 0 atom stereocenters. The minimum absolute atomic E-state index is 0.139. The van der Waals surface area contributed by atoms with Crippen LogP contribution in [0.3, 0.4) is 0 Å². The van der Waals surface area contributed by atoms with Crippen molar-refractivity contribution in [2.24, 2.45) is 0 Å². The monoisotopic (exact) mass is 449 g/mol. The molecule has 1 saturated carbocycles. The fourth-order valence-electron chi connectivity index (χ4n) is 3.84. The Bertz CT molecular complexity index is 1310. The Labute approximate surface area is 189 Å². The van der Waals surface area contributed by atoms with E-state index in [-0.39, 0.29) is 18.3 Å². The molecule has 5 nitrogen and oxygen atoms in total. The van der Waals surface area contributed by atoms with E-state index >= 15 is 0 Å². The van der Waals surface area contributed by atoms with Gasteiger partial charge in [0.2, 0.25) is 0 Å². The van der Waals surface area contributed by atoms with Crippen LogP contribution in [0.2, 0.25) is 5.02 Å². The Kier molecular flexibility index (Phi) is 5.31. The first-order valence-corrected chi connectivity index (χ1v) is 10.8. The average Bonchev–Trinajstić information content (AvgIpc) is 3.55. The highest BCUT2D eigenvalue weighted by atomic mass is 35.5. The van der Waals surface area contributed by atoms with Gasteiger partial charge in [-0.2, -0.15) is 0 Å². The van der Waals surface area contributed by atoms with Gasteiger partial charge in [-0.1, -0.05) is 23.7 Å². The van der Waals surface area contributed by atoms with E-state index in [9.17, 15) is 9.18 Å². The second-order valence-corrected chi connectivity index (χ2v) is 8.39. The van der Waals surface area contributed by atoms with Gasteiger partial charge in [0.1, 0.15) is 17.4 Å². The Balaban J connectivity index is 1.47. The van der Waals surface area contributed by atoms with E-state index in [0.29, 0.717) is 28.0 Å². The van der Waals surface area contributed by atoms with Gasteiger partial charge in [-0.3, -0.25) is 4.79 Å². The van der Waals surface area contributed by atoms with Crippen LogP contribution >= 0.6 is 11.6 Å². The van der Waals surface area contributed by atoms with Gasteiger partial charge in [0, 0.05) is 22.7 Å². The van der Waals surface area contributed by atoms with E-state index in [2.05, 4.69) is 9.88 Å². The molecule has 1 N–H and O–H groups in total. The Hall–Kier alpha value is -3.38. The fraction of sp³-hybridized carbons (Fsp3) is 0.200. The zero-order valence-electron chi connectivity index (χ0n) is 17.4. The second kappa shape index (κ2) is 8.28. The number of nitrogens with zero attached hydrogens (tertiary/aromatic N) is 2. The summed E-state index contributed by atoms with van der Waals surface area (Å²) in [5.41, 5.74) is 3.89. The standard InChI is InChI=1S/C25H21ClFN3O2/c1-15-3-2-4-20(24(15)29-23(31)14-32-19-10-5-16(26)6-11-19)25-28-21-13-17(27)7-12-22(21)30(25)18-8-9-18/h2-7,10-13,18H,8-9,14H2,1H3,(H,29,31). The predicted molar refractivity (Wildman–Crippen MR) is 124 cm³/mol. The number of fused-ring (bicyclic) bond motifs is 1. The number of carbonyl (C=O) groups excluding carboxylic acids is 1. The predicted octanol–water partition coefficient (Wildman–Crippen LogP) is 6.16. The van der Waals surface area contributed by atoms with Gasteiger partial charge >= 0.3 is 0 Å². The molecule has 1 fully saturated rings. The van der Waals surface area contributed by atoms with Gasteiger partial charge in [0.15, 0.2) is 6.61 Å². The molecular formula is C25H21ClFN3O2. The number of amides is 1. The number of hydrogen-bond donors (Lipinski definition) is 1. The smallest absolute Gasteiger partial charge is 0.262 e. The van der Waals surface area contributed by atoms with Crippen LogP contribution in [0.15, 0.2) is 60.7 Å². The van der Waals surface area contributed by atoms with Crippen molar-refractivity contribution in [2.75, 3.05) is 11.9 Å². The molecule has 1 amide bonds. The number of ether oxygens (including phenoxy) is 1. The topological polar surface area (TPSA) is 56.2 Å². The minimum Gasteiger partial charge on any atom is -0.484 e. The normalized spacial score (nSPS) is 13.3. The van der Waals surface area contributed by atoms with Crippen LogP contribution in [0.5, 0.6) is 5.75 Å². The van der Waals surface area contributed by atoms with Gasteiger partial charge in [-0.05, 0) is 67.8 Å². The number of para-hydroxylation sites is 1. The number of nitrogens with one attached hydrogen (secondary N) is 1. The van der Waals surface area contributed by atoms with Gasteiger partial charge in [-0.25, -0.2) is 9.37 Å². The zero-order valence-corrected chi connectivity index (χ0v) is 18.2. The second-order valence-electron chi connectivity index (χ2n) is 7.96. The number of hydrogen-bond acceptors (Lipinski definition) is 3. The number of imidazole rings is 1. The molecule has 0 saturated heterocycles. The number of halogens is 2. The molecule has 32 heavy (non-hydrogen) atoms. The number of benzene rings is 3. The number of aromatic nitrogens is 2. The van der Waals surface area contributed by atoms with Crippen LogP contribution < -0.4 is 10.1 Å². The fourth-order valence-corrected chi connectivity index (χ4v) is 3.97. The van der Waals surface area contributed by atoms with E-state index in [1.54, 1.807) is 30.3 Å². The zero-order chi connectivity index (χ0) is 22.2. The van der Waals surface area contributed by atoms with Crippen LogP contribution in [0, 0.1) is 12.7 Å². The lowest BCUT2D eigenvalue weighted by Gasteiger charge is -2.15. The largest absolute Gasteiger partial charge is 0.484 e. The minimum atomic E-state index is -0.318. The molecule has 1 aliphatic rings. The summed E-state index contributed by atoms with van der Waals surface area (Å²) in [5, 5.41) is 3.59. The summed E-state index contributed by atoms with van der Waals surface area (Å²) in [6, 6.07) is 17.7. The van der Waals surface area contributed by atoms with E-state index in [1.807, 2.05) is 25.1 Å². The summed E-state index contributed by atoms with van der Waals surface area (Å²) in [6.07, 6.45) is 2.11. The van der Waals surface area contributed by atoms with Crippen molar-refractivity contribution in [3.63, 3.8) is 0 Å². The van der Waals surface area contributed by atoms with Gasteiger partial charge in [0.25, 0.3) is 5.91 Å². The highest BCUT2D eigenvalue weighted by Gasteiger charge is 2.30. The van der Waals surface area contributed by atoms with E-state index < -0.39 is 0 Å². The van der Waals surface area contributed by atoms with E-state index in [1.165, 1.54) is 12.1 Å². The highest BCUT2D eigenvalue weighted by molar-refractivity contribution is 6.30. The van der Waals surface area contributed by atoms with Crippen molar-refractivity contribution in [3.05, 3.63) is 77.1 Å². The van der Waals surface area contributed by atoms with Crippen molar-refractivity contribution in [2.45, 2.75) is 25.8 Å². The first-order chi connectivity index (χ1) is 15.5. The SMILES string of the molecule is Cc1cccc(-c2nc3cc(F)ccc3n2C2CC2)c1NC(=O)COc1ccc(Cl)cc1. The maximum absolute atomic E-state index is 13.8. The lowest BCUT2D eigenvalue weighted by molar-refractivity contribution is -0.118. The lowest BCUT2D eigenvalue weighted by Crippen LogP contribution is -2.21. The third kappa shape index (κ3) is 4.06. The summed E-state index contributed by atoms with van der Waals surface area (Å²) in [4.78, 5) is 17.4. The van der Waals surface area contributed by atoms with Gasteiger partial charge in [0.05, 0.1) is 16.7 Å². The quantitative estimate of drug-likeness (QED) is 0.383. The summed E-state index contributed by atoms with van der Waals surface area (Å²) >= 11 is 5.89. The highest BCUT2D eigenvalue weighted by Crippen LogP contribution is 2.43. The number of aryl methyl sites for hydroxylation is 1. The summed E-state index contributed by atoms with van der Waals surface area (Å²) in [7, 11) is 0. The summed E-state index contributed by atoms with van der Waals surface area (Å²) in [6.45, 7) is 1.79. The number of carbonyl (C=O) groups is 1. The molecular weight excluding hydrogens is 429 g/mol. The van der Waals surface area contributed by atoms with Gasteiger partial charge < -0.3 is 14.6 Å². The third-order valence-corrected chi connectivity index (χ3v) is 5.78. The molecule has 3 aromatic carbocycles. The van der Waals surface area contributed by atoms with Crippen LogP contribution in [-0.4, -0.2) is 22.1 Å². The third-order valence-electron chi connectivity index (χ3n) is 5.53. The maximum atomic E-state index is 13.8. The van der Waals surface area contributed by atoms with Crippen LogP contribution in [0.25, 0.3) is 22.4 Å². The molecule has 0 unspecified atom stereocenters. The molecule has 1 aliphatic carbocycles. The summed E-state index contributed by atoms with van der Waals surface area (Å²) in [5.74, 6) is 0.690. The van der Waals surface area contributed by atoms with Crippen molar-refractivity contribution in [1.29, 1.82) is 0 Å². The molecule has 1 aromatic heterocycles. The Morgan fingerprint density at radius 1 is 1.19 bits per heavy atom. The number of anilines is 1. The average molecular weight is 450 g/mol. The number of rotatable bonds is 6. The molecule has 7 heteroatoms. The van der Waals surface area contributed by atoms with Crippen LogP contribution in [-0.2, 0) is 4.79 Å². The molecule has 0 aliphatic heterocycles. The van der Waals surface area contributed by atoms with Crippen molar-refractivity contribution in [3.8, 4) is 17.1 Å². The summed E-state index contributed by atoms with van der Waals surface area (Å²) < 4.78 is 21.6. The lowest BCUT2D eigenvalue weighted by atomic mass is 10.1. The first kappa shape index (κ1) is 20.5. The molecule has 4 aromatic rings. The van der Waals surface area contributed by atoms with Crippen LogP contribution in [0.1, 0.15) is 24.4 Å². The van der Waals surface area contributed by atoms with Crippen molar-refractivity contribution in [1.82, 2.24) is 9.55 Å². The van der Waals surface area contributed by atoms with E-state index in [4.69, 9.17) is 21.3 Å². The molecule has 162 valence electrons. The Morgan fingerprint density at radius 3 is 2.72 bits per heavy atom. The van der Waals surface area contributed by atoms with Gasteiger partial charge in [-0.15, -0.1) is 0 Å². The van der Waals surface area contributed by atoms with Crippen molar-refractivity contribution < 1.29 is 13.9 Å². The van der Waals surface area contributed by atoms with E-state index in [0.717, 1.165) is 35.3 Å². The van der Waals surface area contributed by atoms with Crippen molar-refractivity contribution >= 4 is 34.2 Å². The molecule has 0 radical (unpaired) electrons. The molecule has 0 spiro atoms. The van der Waals surface area contributed by atoms with Crippen LogP contribution in [0.4, 0.5) is 10.1 Å². The Morgan fingerprint density at radius 2 is 1.97 bits per heavy atom.